The lowest BCUT2D eigenvalue weighted by Gasteiger charge is -2.12. The molecule has 0 fully saturated rings. The standard InChI is InChI=1S/C13H15ClN4S/c14-10-4-1-5-11(12(10)13(15)19)16-6-2-8-18-9-3-7-17-18/h1,3-5,7,9,16H,2,6,8H2,(H2,15,19). The second-order valence-corrected chi connectivity index (χ2v) is 4.92. The number of rotatable bonds is 6. The smallest absolute Gasteiger partial charge is 0.107 e. The second-order valence-electron chi connectivity index (χ2n) is 4.08. The number of hydrogen-bond donors (Lipinski definition) is 2. The Morgan fingerprint density at radius 3 is 2.95 bits per heavy atom. The highest BCUT2D eigenvalue weighted by Gasteiger charge is 2.08. The molecule has 19 heavy (non-hydrogen) atoms. The molecule has 1 aromatic carbocycles. The summed E-state index contributed by atoms with van der Waals surface area (Å²) >= 11 is 11.1. The summed E-state index contributed by atoms with van der Waals surface area (Å²) in [6, 6.07) is 7.49. The lowest BCUT2D eigenvalue weighted by molar-refractivity contribution is 0.592. The van der Waals surface area contributed by atoms with Gasteiger partial charge < -0.3 is 11.1 Å². The normalized spacial score (nSPS) is 10.4. The Morgan fingerprint density at radius 2 is 2.26 bits per heavy atom. The van der Waals surface area contributed by atoms with Crippen molar-refractivity contribution in [2.24, 2.45) is 5.73 Å². The van der Waals surface area contributed by atoms with Gasteiger partial charge in [0.1, 0.15) is 4.99 Å². The molecule has 0 amide bonds. The molecule has 1 aromatic heterocycles. The molecule has 0 aliphatic carbocycles. The third kappa shape index (κ3) is 3.68. The molecule has 2 rings (SSSR count). The van der Waals surface area contributed by atoms with Crippen molar-refractivity contribution in [2.75, 3.05) is 11.9 Å². The molecule has 0 atom stereocenters. The molecule has 0 bridgehead atoms. The quantitative estimate of drug-likeness (QED) is 0.635. The predicted molar refractivity (Wildman–Crippen MR) is 82.7 cm³/mol. The average Bonchev–Trinajstić information content (AvgIpc) is 2.87. The summed E-state index contributed by atoms with van der Waals surface area (Å²) in [5.41, 5.74) is 7.27. The largest absolute Gasteiger partial charge is 0.389 e. The third-order valence-corrected chi connectivity index (χ3v) is 3.22. The van der Waals surface area contributed by atoms with E-state index in [1.165, 1.54) is 0 Å². The van der Waals surface area contributed by atoms with E-state index in [1.54, 1.807) is 12.3 Å². The van der Waals surface area contributed by atoms with Crippen molar-refractivity contribution in [1.82, 2.24) is 9.78 Å². The zero-order valence-corrected chi connectivity index (χ0v) is 11.9. The first kappa shape index (κ1) is 13.8. The van der Waals surface area contributed by atoms with Gasteiger partial charge in [-0.25, -0.2) is 0 Å². The van der Waals surface area contributed by atoms with Gasteiger partial charge in [-0.05, 0) is 24.6 Å². The van der Waals surface area contributed by atoms with Gasteiger partial charge >= 0.3 is 0 Å². The second kappa shape index (κ2) is 6.54. The third-order valence-electron chi connectivity index (χ3n) is 2.70. The van der Waals surface area contributed by atoms with Crippen molar-refractivity contribution in [3.05, 3.63) is 47.2 Å². The molecule has 3 N–H and O–H groups in total. The van der Waals surface area contributed by atoms with E-state index in [0.29, 0.717) is 15.6 Å². The van der Waals surface area contributed by atoms with Crippen LogP contribution < -0.4 is 11.1 Å². The van der Waals surface area contributed by atoms with E-state index in [9.17, 15) is 0 Å². The minimum absolute atomic E-state index is 0.306. The number of nitrogens with zero attached hydrogens (tertiary/aromatic N) is 2. The molecule has 0 radical (unpaired) electrons. The fourth-order valence-electron chi connectivity index (χ4n) is 1.82. The van der Waals surface area contributed by atoms with Gasteiger partial charge in [0.05, 0.1) is 10.6 Å². The first-order valence-electron chi connectivity index (χ1n) is 5.98. The summed E-state index contributed by atoms with van der Waals surface area (Å²) in [5.74, 6) is 0. The average molecular weight is 295 g/mol. The maximum absolute atomic E-state index is 6.10. The minimum atomic E-state index is 0.306. The number of aryl methyl sites for hydroxylation is 1. The summed E-state index contributed by atoms with van der Waals surface area (Å²) in [4.78, 5) is 0.306. The number of benzene rings is 1. The number of nitrogens with one attached hydrogen (secondary N) is 1. The summed E-state index contributed by atoms with van der Waals surface area (Å²) < 4.78 is 1.90. The molecule has 4 nitrogen and oxygen atoms in total. The highest BCUT2D eigenvalue weighted by atomic mass is 35.5. The van der Waals surface area contributed by atoms with Crippen molar-refractivity contribution in [2.45, 2.75) is 13.0 Å². The van der Waals surface area contributed by atoms with E-state index in [2.05, 4.69) is 10.4 Å². The Bertz CT molecular complexity index is 554. The van der Waals surface area contributed by atoms with Gasteiger partial charge in [-0.15, -0.1) is 0 Å². The Labute approximate surface area is 122 Å². The maximum Gasteiger partial charge on any atom is 0.107 e. The van der Waals surface area contributed by atoms with Crippen LogP contribution >= 0.6 is 23.8 Å². The highest BCUT2D eigenvalue weighted by molar-refractivity contribution is 7.80. The van der Waals surface area contributed by atoms with Crippen LogP contribution in [0.4, 0.5) is 5.69 Å². The van der Waals surface area contributed by atoms with Gasteiger partial charge in [-0.2, -0.15) is 5.10 Å². The Morgan fingerprint density at radius 1 is 1.42 bits per heavy atom. The van der Waals surface area contributed by atoms with Crippen LogP contribution in [0.2, 0.25) is 5.02 Å². The van der Waals surface area contributed by atoms with Crippen LogP contribution in [0.15, 0.2) is 36.7 Å². The monoisotopic (exact) mass is 294 g/mol. The molecule has 0 saturated carbocycles. The number of aromatic nitrogens is 2. The molecular formula is C13H15ClN4S. The van der Waals surface area contributed by atoms with E-state index in [-0.39, 0.29) is 0 Å². The van der Waals surface area contributed by atoms with Crippen molar-refractivity contribution >= 4 is 34.5 Å². The first-order valence-corrected chi connectivity index (χ1v) is 6.76. The van der Waals surface area contributed by atoms with Gasteiger partial charge in [0.25, 0.3) is 0 Å². The predicted octanol–water partition coefficient (Wildman–Crippen LogP) is 2.67. The van der Waals surface area contributed by atoms with Crippen LogP contribution in [0, 0.1) is 0 Å². The van der Waals surface area contributed by atoms with Gasteiger partial charge in [-0.1, -0.05) is 29.9 Å². The van der Waals surface area contributed by atoms with E-state index in [4.69, 9.17) is 29.6 Å². The Kier molecular flexibility index (Phi) is 4.76. The Hall–Kier alpha value is -1.59. The van der Waals surface area contributed by atoms with E-state index in [0.717, 1.165) is 25.2 Å². The lowest BCUT2D eigenvalue weighted by atomic mass is 10.1. The van der Waals surface area contributed by atoms with E-state index < -0.39 is 0 Å². The Balaban J connectivity index is 1.92. The fourth-order valence-corrected chi connectivity index (χ4v) is 2.37. The van der Waals surface area contributed by atoms with Crippen molar-refractivity contribution in [3.8, 4) is 0 Å². The lowest BCUT2D eigenvalue weighted by Crippen LogP contribution is -2.15. The van der Waals surface area contributed by atoms with Crippen LogP contribution in [-0.4, -0.2) is 21.3 Å². The van der Waals surface area contributed by atoms with Crippen LogP contribution in [-0.2, 0) is 6.54 Å². The molecule has 1 heterocycles. The molecule has 0 unspecified atom stereocenters. The molecule has 100 valence electrons. The zero-order chi connectivity index (χ0) is 13.7. The number of anilines is 1. The van der Waals surface area contributed by atoms with Crippen molar-refractivity contribution in [3.63, 3.8) is 0 Å². The topological polar surface area (TPSA) is 55.9 Å². The zero-order valence-electron chi connectivity index (χ0n) is 10.3. The van der Waals surface area contributed by atoms with Gasteiger partial charge in [0.15, 0.2) is 0 Å². The molecule has 0 spiro atoms. The van der Waals surface area contributed by atoms with E-state index >= 15 is 0 Å². The molecule has 0 aliphatic rings. The SMILES string of the molecule is NC(=S)c1c(Cl)cccc1NCCCn1cccn1. The minimum Gasteiger partial charge on any atom is -0.389 e. The molecular weight excluding hydrogens is 280 g/mol. The van der Waals surface area contributed by atoms with Gasteiger partial charge in [0, 0.05) is 31.2 Å². The fraction of sp³-hybridized carbons (Fsp3) is 0.231. The van der Waals surface area contributed by atoms with Crippen molar-refractivity contribution in [1.29, 1.82) is 0 Å². The summed E-state index contributed by atoms with van der Waals surface area (Å²) in [7, 11) is 0. The van der Waals surface area contributed by atoms with Crippen molar-refractivity contribution < 1.29 is 0 Å². The van der Waals surface area contributed by atoms with Gasteiger partial charge in [-0.3, -0.25) is 4.68 Å². The van der Waals surface area contributed by atoms with E-state index in [1.807, 2.05) is 29.1 Å². The first-order chi connectivity index (χ1) is 9.18. The molecule has 6 heteroatoms. The highest BCUT2D eigenvalue weighted by Crippen LogP contribution is 2.24. The molecule has 0 aliphatic heterocycles. The maximum atomic E-state index is 6.10. The van der Waals surface area contributed by atoms with Crippen LogP contribution in [0.1, 0.15) is 12.0 Å². The number of hydrogen-bond acceptors (Lipinski definition) is 3. The summed E-state index contributed by atoms with van der Waals surface area (Å²) in [6.07, 6.45) is 4.67. The number of halogens is 1. The summed E-state index contributed by atoms with van der Waals surface area (Å²) in [6.45, 7) is 1.67. The molecule has 2 aromatic rings. The summed E-state index contributed by atoms with van der Waals surface area (Å²) in [5, 5.41) is 8.03. The number of thiocarbonyl (C=S) groups is 1. The van der Waals surface area contributed by atoms with Gasteiger partial charge in [0.2, 0.25) is 0 Å². The van der Waals surface area contributed by atoms with Crippen LogP contribution in [0.3, 0.4) is 0 Å². The van der Waals surface area contributed by atoms with Crippen LogP contribution in [0.25, 0.3) is 0 Å². The number of nitrogens with two attached hydrogens (primary N) is 1. The molecule has 0 saturated heterocycles. The van der Waals surface area contributed by atoms with Crippen LogP contribution in [0.5, 0.6) is 0 Å².